The fourth-order valence-corrected chi connectivity index (χ4v) is 1.38. The highest BCUT2D eigenvalue weighted by Crippen LogP contribution is 2.21. The van der Waals surface area contributed by atoms with Crippen molar-refractivity contribution in [3.63, 3.8) is 0 Å². The summed E-state index contributed by atoms with van der Waals surface area (Å²) in [6.07, 6.45) is 2.81. The first-order valence-electron chi connectivity index (χ1n) is 5.02. The molecular weight excluding hydrogens is 188 g/mol. The second-order valence-electron chi connectivity index (χ2n) is 3.32. The SMILES string of the molecule is C=CCNCCc1ccc(OC)c(N)c1. The van der Waals surface area contributed by atoms with Crippen LogP contribution in [0.4, 0.5) is 5.69 Å². The Balaban J connectivity index is 2.48. The van der Waals surface area contributed by atoms with Crippen LogP contribution in [0.25, 0.3) is 0 Å². The van der Waals surface area contributed by atoms with Gasteiger partial charge in [-0.2, -0.15) is 0 Å². The molecule has 0 atom stereocenters. The van der Waals surface area contributed by atoms with Crippen LogP contribution in [-0.2, 0) is 6.42 Å². The number of hydrogen-bond acceptors (Lipinski definition) is 3. The van der Waals surface area contributed by atoms with Gasteiger partial charge in [0.2, 0.25) is 0 Å². The van der Waals surface area contributed by atoms with E-state index in [9.17, 15) is 0 Å². The number of methoxy groups -OCH3 is 1. The maximum atomic E-state index is 5.80. The first kappa shape index (κ1) is 11.6. The van der Waals surface area contributed by atoms with E-state index >= 15 is 0 Å². The molecule has 0 amide bonds. The van der Waals surface area contributed by atoms with Crippen LogP contribution in [0.1, 0.15) is 5.56 Å². The highest BCUT2D eigenvalue weighted by molar-refractivity contribution is 5.54. The third-order valence-electron chi connectivity index (χ3n) is 2.17. The van der Waals surface area contributed by atoms with Gasteiger partial charge < -0.3 is 15.8 Å². The van der Waals surface area contributed by atoms with Gasteiger partial charge in [-0.3, -0.25) is 0 Å². The monoisotopic (exact) mass is 206 g/mol. The number of ether oxygens (including phenoxy) is 1. The van der Waals surface area contributed by atoms with Gasteiger partial charge in [0.25, 0.3) is 0 Å². The molecule has 0 unspecified atom stereocenters. The topological polar surface area (TPSA) is 47.3 Å². The van der Waals surface area contributed by atoms with E-state index in [-0.39, 0.29) is 0 Å². The minimum Gasteiger partial charge on any atom is -0.495 e. The number of rotatable bonds is 6. The highest BCUT2D eigenvalue weighted by Gasteiger charge is 1.99. The molecule has 0 aromatic heterocycles. The van der Waals surface area contributed by atoms with Crippen LogP contribution in [-0.4, -0.2) is 20.2 Å². The van der Waals surface area contributed by atoms with Crippen LogP contribution in [0.2, 0.25) is 0 Å². The second-order valence-corrected chi connectivity index (χ2v) is 3.32. The predicted molar refractivity (Wildman–Crippen MR) is 64.2 cm³/mol. The smallest absolute Gasteiger partial charge is 0.141 e. The summed E-state index contributed by atoms with van der Waals surface area (Å²) >= 11 is 0. The Labute approximate surface area is 90.9 Å². The molecule has 15 heavy (non-hydrogen) atoms. The van der Waals surface area contributed by atoms with Crippen molar-refractivity contribution in [3.8, 4) is 5.75 Å². The van der Waals surface area contributed by atoms with Gasteiger partial charge in [-0.25, -0.2) is 0 Å². The summed E-state index contributed by atoms with van der Waals surface area (Å²) in [6.45, 7) is 5.41. The molecule has 3 nitrogen and oxygen atoms in total. The molecule has 0 fully saturated rings. The van der Waals surface area contributed by atoms with Crippen LogP contribution in [0.3, 0.4) is 0 Å². The van der Waals surface area contributed by atoms with Crippen molar-refractivity contribution in [3.05, 3.63) is 36.4 Å². The van der Waals surface area contributed by atoms with Crippen molar-refractivity contribution in [1.29, 1.82) is 0 Å². The average Bonchev–Trinajstić information content (AvgIpc) is 2.25. The van der Waals surface area contributed by atoms with E-state index in [2.05, 4.69) is 11.9 Å². The molecule has 0 aliphatic carbocycles. The number of hydrogen-bond donors (Lipinski definition) is 2. The van der Waals surface area contributed by atoms with Gasteiger partial charge >= 0.3 is 0 Å². The summed E-state index contributed by atoms with van der Waals surface area (Å²) < 4.78 is 5.09. The quantitative estimate of drug-likeness (QED) is 0.422. The standard InChI is InChI=1S/C12H18N2O/c1-3-7-14-8-6-10-4-5-12(15-2)11(13)9-10/h3-5,9,14H,1,6-8,13H2,2H3. The Morgan fingerprint density at radius 1 is 1.53 bits per heavy atom. The Kier molecular flexibility index (Phi) is 4.71. The fourth-order valence-electron chi connectivity index (χ4n) is 1.38. The zero-order chi connectivity index (χ0) is 11.1. The number of anilines is 1. The lowest BCUT2D eigenvalue weighted by molar-refractivity contribution is 0.417. The van der Waals surface area contributed by atoms with Crippen molar-refractivity contribution >= 4 is 5.69 Å². The van der Waals surface area contributed by atoms with E-state index < -0.39 is 0 Å². The van der Waals surface area contributed by atoms with Crippen molar-refractivity contribution in [2.24, 2.45) is 0 Å². The van der Waals surface area contributed by atoms with E-state index in [0.717, 1.165) is 25.3 Å². The number of nitrogens with two attached hydrogens (primary N) is 1. The van der Waals surface area contributed by atoms with Gasteiger partial charge in [-0.1, -0.05) is 12.1 Å². The van der Waals surface area contributed by atoms with E-state index in [1.807, 2.05) is 24.3 Å². The van der Waals surface area contributed by atoms with E-state index in [1.54, 1.807) is 7.11 Å². The van der Waals surface area contributed by atoms with Gasteiger partial charge in [0.05, 0.1) is 12.8 Å². The number of benzene rings is 1. The maximum absolute atomic E-state index is 5.80. The van der Waals surface area contributed by atoms with Crippen LogP contribution in [0.15, 0.2) is 30.9 Å². The van der Waals surface area contributed by atoms with Gasteiger partial charge in [0.15, 0.2) is 0 Å². The lowest BCUT2D eigenvalue weighted by Crippen LogP contribution is -2.16. The highest BCUT2D eigenvalue weighted by atomic mass is 16.5. The zero-order valence-electron chi connectivity index (χ0n) is 9.12. The molecule has 0 saturated carbocycles. The molecular formula is C12H18N2O. The second kappa shape index (κ2) is 6.09. The van der Waals surface area contributed by atoms with Crippen molar-refractivity contribution < 1.29 is 4.74 Å². The molecule has 0 heterocycles. The summed E-state index contributed by atoms with van der Waals surface area (Å²) in [5.41, 5.74) is 7.71. The molecule has 0 saturated heterocycles. The summed E-state index contributed by atoms with van der Waals surface area (Å²) in [6, 6.07) is 5.89. The van der Waals surface area contributed by atoms with Crippen molar-refractivity contribution in [2.75, 3.05) is 25.9 Å². The lowest BCUT2D eigenvalue weighted by Gasteiger charge is -2.07. The number of nitrogen functional groups attached to an aromatic ring is 1. The van der Waals surface area contributed by atoms with Crippen LogP contribution in [0.5, 0.6) is 5.75 Å². The van der Waals surface area contributed by atoms with Crippen LogP contribution < -0.4 is 15.8 Å². The van der Waals surface area contributed by atoms with Gasteiger partial charge in [0.1, 0.15) is 5.75 Å². The summed E-state index contributed by atoms with van der Waals surface area (Å²) in [5, 5.41) is 3.24. The molecule has 0 aliphatic heterocycles. The van der Waals surface area contributed by atoms with E-state index in [0.29, 0.717) is 5.69 Å². The minimum atomic E-state index is 0.693. The van der Waals surface area contributed by atoms with E-state index in [4.69, 9.17) is 10.5 Å². The largest absolute Gasteiger partial charge is 0.495 e. The third kappa shape index (κ3) is 3.64. The van der Waals surface area contributed by atoms with Crippen LogP contribution in [0, 0.1) is 0 Å². The number of nitrogens with one attached hydrogen (secondary N) is 1. The Bertz CT molecular complexity index is 323. The molecule has 3 N–H and O–H groups in total. The lowest BCUT2D eigenvalue weighted by atomic mass is 10.1. The van der Waals surface area contributed by atoms with Gasteiger partial charge in [0, 0.05) is 6.54 Å². The third-order valence-corrected chi connectivity index (χ3v) is 2.17. The van der Waals surface area contributed by atoms with Gasteiger partial charge in [-0.15, -0.1) is 6.58 Å². The molecule has 1 aromatic carbocycles. The molecule has 3 heteroatoms. The first-order chi connectivity index (χ1) is 7.27. The summed E-state index contributed by atoms with van der Waals surface area (Å²) in [7, 11) is 1.62. The Hall–Kier alpha value is -1.48. The fraction of sp³-hybridized carbons (Fsp3) is 0.333. The Morgan fingerprint density at radius 2 is 2.33 bits per heavy atom. The average molecular weight is 206 g/mol. The first-order valence-corrected chi connectivity index (χ1v) is 5.02. The normalized spacial score (nSPS) is 9.93. The minimum absolute atomic E-state index is 0.693. The summed E-state index contributed by atoms with van der Waals surface area (Å²) in [4.78, 5) is 0. The van der Waals surface area contributed by atoms with E-state index in [1.165, 1.54) is 5.56 Å². The van der Waals surface area contributed by atoms with Crippen LogP contribution >= 0.6 is 0 Å². The summed E-state index contributed by atoms with van der Waals surface area (Å²) in [5.74, 6) is 0.734. The molecule has 0 spiro atoms. The zero-order valence-corrected chi connectivity index (χ0v) is 9.12. The Morgan fingerprint density at radius 3 is 2.93 bits per heavy atom. The molecule has 0 bridgehead atoms. The molecule has 82 valence electrons. The van der Waals surface area contributed by atoms with Gasteiger partial charge in [-0.05, 0) is 30.7 Å². The van der Waals surface area contributed by atoms with Crippen molar-refractivity contribution in [1.82, 2.24) is 5.32 Å². The molecule has 1 aromatic rings. The maximum Gasteiger partial charge on any atom is 0.141 e. The van der Waals surface area contributed by atoms with Crippen molar-refractivity contribution in [2.45, 2.75) is 6.42 Å². The molecule has 1 rings (SSSR count). The molecule has 0 aliphatic rings. The molecule has 0 radical (unpaired) electrons. The predicted octanol–water partition coefficient (Wildman–Crippen LogP) is 1.60.